The van der Waals surface area contributed by atoms with Crippen LogP contribution in [0.3, 0.4) is 0 Å². The molecule has 7 rings (SSSR count). The van der Waals surface area contributed by atoms with Crippen molar-refractivity contribution in [2.24, 2.45) is 17.3 Å². The number of benzene rings is 1. The Labute approximate surface area is 190 Å². The van der Waals surface area contributed by atoms with Crippen molar-refractivity contribution in [2.75, 3.05) is 38.2 Å². The van der Waals surface area contributed by atoms with Crippen molar-refractivity contribution < 1.29 is 9.53 Å². The van der Waals surface area contributed by atoms with Gasteiger partial charge < -0.3 is 14.5 Å². The van der Waals surface area contributed by atoms with E-state index in [1.165, 1.54) is 24.8 Å². The first-order valence-electron chi connectivity index (χ1n) is 12.0. The van der Waals surface area contributed by atoms with Crippen molar-refractivity contribution in [3.8, 4) is 5.75 Å². The molecule has 0 spiro atoms. The summed E-state index contributed by atoms with van der Waals surface area (Å²) in [6.45, 7) is 3.22. The first-order chi connectivity index (χ1) is 15.6. The molecule has 1 aromatic heterocycles. The van der Waals surface area contributed by atoms with Crippen LogP contribution in [0.2, 0.25) is 0 Å². The number of rotatable bonds is 4. The smallest absolute Gasteiger partial charge is 0.228 e. The fourth-order valence-corrected chi connectivity index (χ4v) is 7.72. The van der Waals surface area contributed by atoms with Crippen LogP contribution in [0.1, 0.15) is 44.1 Å². The van der Waals surface area contributed by atoms with Gasteiger partial charge >= 0.3 is 0 Å². The quantitative estimate of drug-likeness (QED) is 0.738. The highest BCUT2D eigenvalue weighted by molar-refractivity contribution is 5.84. The van der Waals surface area contributed by atoms with E-state index < -0.39 is 0 Å². The van der Waals surface area contributed by atoms with Gasteiger partial charge in [0.15, 0.2) is 0 Å². The van der Waals surface area contributed by atoms with Crippen LogP contribution in [-0.2, 0) is 10.2 Å². The number of ether oxygens (including phenoxy) is 1. The molecule has 4 bridgehead atoms. The molecule has 1 aromatic carbocycles. The van der Waals surface area contributed by atoms with Crippen molar-refractivity contribution in [2.45, 2.75) is 43.9 Å². The maximum absolute atomic E-state index is 14.0. The third-order valence-electron chi connectivity index (χ3n) is 8.66. The van der Waals surface area contributed by atoms with E-state index in [2.05, 4.69) is 44.0 Å². The van der Waals surface area contributed by atoms with E-state index in [1.54, 1.807) is 19.5 Å². The van der Waals surface area contributed by atoms with Gasteiger partial charge in [0.1, 0.15) is 11.6 Å². The zero-order chi connectivity index (χ0) is 21.8. The Balaban J connectivity index is 1.22. The Morgan fingerprint density at radius 2 is 1.72 bits per heavy atom. The number of hydrogen-bond donors (Lipinski definition) is 0. The number of methoxy groups -OCH3 is 1. The zero-order valence-electron chi connectivity index (χ0n) is 18.9. The molecular formula is C26H32N4O2. The number of anilines is 1. The summed E-state index contributed by atoms with van der Waals surface area (Å²) >= 11 is 0. The molecule has 1 aliphatic heterocycles. The van der Waals surface area contributed by atoms with Crippen LogP contribution in [0.4, 0.5) is 5.82 Å². The second-order valence-corrected chi connectivity index (χ2v) is 10.6. The molecule has 1 saturated heterocycles. The van der Waals surface area contributed by atoms with E-state index in [9.17, 15) is 4.79 Å². The highest BCUT2D eigenvalue weighted by Crippen LogP contribution is 2.66. The van der Waals surface area contributed by atoms with Gasteiger partial charge in [-0.25, -0.2) is 4.98 Å². The Kier molecular flexibility index (Phi) is 4.67. The van der Waals surface area contributed by atoms with Gasteiger partial charge in [0, 0.05) is 38.6 Å². The zero-order valence-corrected chi connectivity index (χ0v) is 18.9. The molecule has 5 aliphatic rings. The average Bonchev–Trinajstić information content (AvgIpc) is 2.83. The minimum atomic E-state index is -0.168. The molecule has 2 heterocycles. The molecule has 4 atom stereocenters. The highest BCUT2D eigenvalue weighted by Gasteiger charge is 2.61. The topological polar surface area (TPSA) is 58.6 Å². The van der Waals surface area contributed by atoms with Crippen LogP contribution < -0.4 is 9.64 Å². The Morgan fingerprint density at radius 1 is 1.00 bits per heavy atom. The fraction of sp³-hybridized carbons (Fsp3) is 0.577. The molecular weight excluding hydrogens is 400 g/mol. The minimum absolute atomic E-state index is 0.160. The first kappa shape index (κ1) is 20.0. The highest BCUT2D eigenvalue weighted by atomic mass is 16.5. The molecule has 2 aromatic rings. The van der Waals surface area contributed by atoms with Crippen LogP contribution in [0, 0.1) is 17.3 Å². The van der Waals surface area contributed by atoms with Gasteiger partial charge in [0.2, 0.25) is 5.91 Å². The number of carbonyl (C=O) groups excluding carboxylic acids is 1. The van der Waals surface area contributed by atoms with Gasteiger partial charge in [0.05, 0.1) is 18.7 Å². The van der Waals surface area contributed by atoms with Crippen molar-refractivity contribution in [3.05, 3.63) is 48.4 Å². The van der Waals surface area contributed by atoms with Crippen LogP contribution in [0.15, 0.2) is 42.9 Å². The van der Waals surface area contributed by atoms with E-state index in [-0.39, 0.29) is 10.8 Å². The summed E-state index contributed by atoms with van der Waals surface area (Å²) in [6.07, 6.45) is 12.2. The van der Waals surface area contributed by atoms with E-state index in [1.807, 2.05) is 6.20 Å². The molecule has 1 amide bonds. The van der Waals surface area contributed by atoms with E-state index in [0.29, 0.717) is 17.7 Å². The van der Waals surface area contributed by atoms with Crippen LogP contribution >= 0.6 is 0 Å². The van der Waals surface area contributed by atoms with Gasteiger partial charge in [-0.2, -0.15) is 0 Å². The lowest BCUT2D eigenvalue weighted by Gasteiger charge is -2.62. The maximum atomic E-state index is 14.0. The molecule has 6 nitrogen and oxygen atoms in total. The summed E-state index contributed by atoms with van der Waals surface area (Å²) in [6, 6.07) is 8.69. The Morgan fingerprint density at radius 3 is 2.34 bits per heavy atom. The Hall–Kier alpha value is -2.63. The number of nitrogens with zero attached hydrogens (tertiary/aromatic N) is 4. The third kappa shape index (κ3) is 3.18. The average molecular weight is 433 g/mol. The second-order valence-electron chi connectivity index (χ2n) is 10.6. The van der Waals surface area contributed by atoms with E-state index in [0.717, 1.165) is 57.0 Å². The number of hydrogen-bond acceptors (Lipinski definition) is 5. The van der Waals surface area contributed by atoms with Crippen LogP contribution in [0.25, 0.3) is 0 Å². The monoisotopic (exact) mass is 432 g/mol. The lowest BCUT2D eigenvalue weighted by molar-refractivity contribution is -0.160. The molecule has 6 heteroatoms. The van der Waals surface area contributed by atoms with Gasteiger partial charge in [-0.1, -0.05) is 12.1 Å². The van der Waals surface area contributed by atoms with Crippen LogP contribution in [0.5, 0.6) is 5.75 Å². The van der Waals surface area contributed by atoms with E-state index >= 15 is 0 Å². The normalized spacial score (nSPS) is 33.4. The summed E-state index contributed by atoms with van der Waals surface area (Å²) in [7, 11) is 1.72. The van der Waals surface area contributed by atoms with Crippen molar-refractivity contribution in [1.82, 2.24) is 14.9 Å². The predicted octanol–water partition coefficient (Wildman–Crippen LogP) is 3.67. The fourth-order valence-electron chi connectivity index (χ4n) is 7.72. The molecule has 32 heavy (non-hydrogen) atoms. The van der Waals surface area contributed by atoms with Gasteiger partial charge in [-0.3, -0.25) is 9.78 Å². The Bertz CT molecular complexity index is 971. The standard InChI is InChI=1S/C26H32N4O2/c1-32-22-4-2-21(3-5-22)25-13-19-12-20(14-25)16-26(15-19,18-25)24(31)30-10-8-29(9-11-30)23-17-27-6-7-28-23/h2-7,17,19-20H,8-16,18H2,1H3/t19-,20+,25?,26?. The molecule has 168 valence electrons. The molecule has 4 aliphatic carbocycles. The summed E-state index contributed by atoms with van der Waals surface area (Å²) in [5.41, 5.74) is 1.41. The SMILES string of the molecule is COc1ccc(C23C[C@@H]4C[C@@H](CC(C(=O)N5CCN(c6cnccn6)CC5)(C4)C2)C3)cc1. The summed E-state index contributed by atoms with van der Waals surface area (Å²) in [4.78, 5) is 27.1. The summed E-state index contributed by atoms with van der Waals surface area (Å²) < 4.78 is 5.39. The van der Waals surface area contributed by atoms with Crippen molar-refractivity contribution >= 4 is 11.7 Å². The minimum Gasteiger partial charge on any atom is -0.497 e. The first-order valence-corrected chi connectivity index (χ1v) is 12.0. The van der Waals surface area contributed by atoms with Crippen molar-refractivity contribution in [1.29, 1.82) is 0 Å². The number of piperazine rings is 1. The molecule has 0 N–H and O–H groups in total. The third-order valence-corrected chi connectivity index (χ3v) is 8.66. The van der Waals surface area contributed by atoms with Gasteiger partial charge in [-0.15, -0.1) is 0 Å². The van der Waals surface area contributed by atoms with Gasteiger partial charge in [0.25, 0.3) is 0 Å². The van der Waals surface area contributed by atoms with E-state index in [4.69, 9.17) is 4.74 Å². The lowest BCUT2D eigenvalue weighted by Crippen LogP contribution is -2.61. The lowest BCUT2D eigenvalue weighted by atomic mass is 9.42. The summed E-state index contributed by atoms with van der Waals surface area (Å²) in [5.74, 6) is 3.60. The number of amides is 1. The predicted molar refractivity (Wildman–Crippen MR) is 123 cm³/mol. The molecule has 5 fully saturated rings. The largest absolute Gasteiger partial charge is 0.497 e. The van der Waals surface area contributed by atoms with Crippen LogP contribution in [-0.4, -0.2) is 54.1 Å². The number of aromatic nitrogens is 2. The maximum Gasteiger partial charge on any atom is 0.228 e. The molecule has 4 saturated carbocycles. The van der Waals surface area contributed by atoms with Gasteiger partial charge in [-0.05, 0) is 73.5 Å². The second kappa shape index (κ2) is 7.46. The van der Waals surface area contributed by atoms with Crippen molar-refractivity contribution in [3.63, 3.8) is 0 Å². The molecule has 2 unspecified atom stereocenters. The summed E-state index contributed by atoms with van der Waals surface area (Å²) in [5, 5.41) is 0. The number of carbonyl (C=O) groups is 1. The molecule has 0 radical (unpaired) electrons.